The fraction of sp³-hybridized carbons (Fsp3) is 0.857. The molecule has 0 unspecified atom stereocenters. The van der Waals surface area contributed by atoms with E-state index in [1.807, 2.05) is 6.92 Å². The van der Waals surface area contributed by atoms with Crippen LogP contribution in [0.25, 0.3) is 0 Å². The second-order valence-corrected chi connectivity index (χ2v) is 3.31. The van der Waals surface area contributed by atoms with E-state index in [0.29, 0.717) is 6.42 Å². The first kappa shape index (κ1) is 8.78. The van der Waals surface area contributed by atoms with Gasteiger partial charge in [-0.2, -0.15) is 0 Å². The smallest absolute Gasteiger partial charge is 0.360 e. The van der Waals surface area contributed by atoms with E-state index in [2.05, 4.69) is 0 Å². The minimum atomic E-state index is -2.30. The molecule has 1 aliphatic heterocycles. The Bertz CT molecular complexity index is 181. The largest absolute Gasteiger partial charge is 0.459 e. The van der Waals surface area contributed by atoms with Gasteiger partial charge in [0.1, 0.15) is 6.10 Å². The standard InChI is InChI=1S/C7H10ClFO2/c1-3-5-4(2)7(8,9)6(10)11-5/h4-5H,3H2,1-2H3/t4-,5-,7-/m1/s1. The predicted octanol–water partition coefficient (Wildman–Crippen LogP) is 1.86. The molecular formula is C7H10ClFO2. The molecule has 0 aromatic rings. The third-order valence-electron chi connectivity index (χ3n) is 2.06. The molecule has 2 nitrogen and oxygen atoms in total. The molecule has 1 saturated heterocycles. The zero-order valence-corrected chi connectivity index (χ0v) is 7.19. The average molecular weight is 181 g/mol. The van der Waals surface area contributed by atoms with Crippen LogP contribution in [0.5, 0.6) is 0 Å². The van der Waals surface area contributed by atoms with Gasteiger partial charge in [-0.25, -0.2) is 9.18 Å². The molecule has 0 amide bonds. The number of carbonyl (C=O) groups is 1. The van der Waals surface area contributed by atoms with Crippen molar-refractivity contribution < 1.29 is 13.9 Å². The van der Waals surface area contributed by atoms with Gasteiger partial charge in [0.25, 0.3) is 5.13 Å². The van der Waals surface area contributed by atoms with Gasteiger partial charge in [0, 0.05) is 0 Å². The number of rotatable bonds is 1. The molecule has 3 atom stereocenters. The second kappa shape index (κ2) is 2.63. The number of hydrogen-bond acceptors (Lipinski definition) is 2. The molecule has 11 heavy (non-hydrogen) atoms. The van der Waals surface area contributed by atoms with E-state index in [0.717, 1.165) is 0 Å². The van der Waals surface area contributed by atoms with Crippen molar-refractivity contribution in [1.82, 2.24) is 0 Å². The molecule has 1 rings (SSSR count). The van der Waals surface area contributed by atoms with Crippen LogP contribution in [0, 0.1) is 5.92 Å². The molecule has 0 radical (unpaired) electrons. The Morgan fingerprint density at radius 3 is 2.55 bits per heavy atom. The maximum atomic E-state index is 13.1. The lowest BCUT2D eigenvalue weighted by Crippen LogP contribution is -2.28. The van der Waals surface area contributed by atoms with Crippen LogP contribution in [0.1, 0.15) is 20.3 Å². The first-order valence-corrected chi connectivity index (χ1v) is 3.96. The summed E-state index contributed by atoms with van der Waals surface area (Å²) in [7, 11) is 0. The molecule has 1 heterocycles. The van der Waals surface area contributed by atoms with Crippen LogP contribution in [-0.4, -0.2) is 17.2 Å². The molecule has 0 spiro atoms. The Labute approximate surface area is 69.7 Å². The van der Waals surface area contributed by atoms with E-state index in [1.54, 1.807) is 6.92 Å². The summed E-state index contributed by atoms with van der Waals surface area (Å²) in [5, 5.41) is -2.30. The summed E-state index contributed by atoms with van der Waals surface area (Å²) < 4.78 is 17.8. The van der Waals surface area contributed by atoms with Crippen LogP contribution in [0.4, 0.5) is 4.39 Å². The lowest BCUT2D eigenvalue weighted by molar-refractivity contribution is -0.146. The average Bonchev–Trinajstić information content (AvgIpc) is 2.14. The van der Waals surface area contributed by atoms with Crippen LogP contribution >= 0.6 is 11.6 Å². The van der Waals surface area contributed by atoms with Crippen molar-refractivity contribution in [3.05, 3.63) is 0 Å². The van der Waals surface area contributed by atoms with Gasteiger partial charge in [-0.1, -0.05) is 25.4 Å². The van der Waals surface area contributed by atoms with Crippen LogP contribution in [0.15, 0.2) is 0 Å². The van der Waals surface area contributed by atoms with Crippen LogP contribution in [0.3, 0.4) is 0 Å². The number of ether oxygens (including phenoxy) is 1. The highest BCUT2D eigenvalue weighted by atomic mass is 35.5. The Balaban J connectivity index is 2.80. The number of esters is 1. The van der Waals surface area contributed by atoms with Gasteiger partial charge in [-0.3, -0.25) is 0 Å². The van der Waals surface area contributed by atoms with E-state index in [-0.39, 0.29) is 6.10 Å². The van der Waals surface area contributed by atoms with Gasteiger partial charge in [0.05, 0.1) is 5.92 Å². The van der Waals surface area contributed by atoms with Crippen LogP contribution in [0.2, 0.25) is 0 Å². The summed E-state index contributed by atoms with van der Waals surface area (Å²) >= 11 is 5.30. The minimum absolute atomic E-state index is 0.370. The molecule has 64 valence electrons. The van der Waals surface area contributed by atoms with Gasteiger partial charge in [0.2, 0.25) is 0 Å². The van der Waals surface area contributed by atoms with Gasteiger partial charge < -0.3 is 4.74 Å². The predicted molar refractivity (Wildman–Crippen MR) is 39.0 cm³/mol. The van der Waals surface area contributed by atoms with Gasteiger partial charge in [-0.05, 0) is 6.42 Å². The molecule has 0 aromatic heterocycles. The maximum absolute atomic E-state index is 13.1. The highest BCUT2D eigenvalue weighted by molar-refractivity contribution is 6.33. The molecule has 1 aliphatic rings. The quantitative estimate of drug-likeness (QED) is 0.455. The van der Waals surface area contributed by atoms with E-state index in [4.69, 9.17) is 16.3 Å². The molecule has 4 heteroatoms. The normalized spacial score (nSPS) is 44.2. The number of alkyl halides is 2. The Kier molecular flexibility index (Phi) is 2.10. The topological polar surface area (TPSA) is 26.3 Å². The maximum Gasteiger partial charge on any atom is 0.360 e. The van der Waals surface area contributed by atoms with Gasteiger partial charge in [-0.15, -0.1) is 0 Å². The van der Waals surface area contributed by atoms with Crippen molar-refractivity contribution in [2.45, 2.75) is 31.5 Å². The SMILES string of the molecule is CC[C@H]1OC(=O)[C@@](F)(Cl)[C@@H]1C. The third-order valence-corrected chi connectivity index (χ3v) is 2.56. The summed E-state index contributed by atoms with van der Waals surface area (Å²) in [5.74, 6) is -1.50. The fourth-order valence-corrected chi connectivity index (χ4v) is 1.36. The molecule has 0 aliphatic carbocycles. The zero-order valence-electron chi connectivity index (χ0n) is 6.43. The van der Waals surface area contributed by atoms with Gasteiger partial charge in [0.15, 0.2) is 0 Å². The van der Waals surface area contributed by atoms with E-state index in [1.165, 1.54) is 0 Å². The van der Waals surface area contributed by atoms with Gasteiger partial charge >= 0.3 is 5.97 Å². The van der Waals surface area contributed by atoms with Crippen molar-refractivity contribution in [2.24, 2.45) is 5.92 Å². The van der Waals surface area contributed by atoms with Crippen molar-refractivity contribution in [2.75, 3.05) is 0 Å². The highest BCUT2D eigenvalue weighted by Gasteiger charge is 2.54. The molecule has 0 bridgehead atoms. The Morgan fingerprint density at radius 2 is 2.36 bits per heavy atom. The number of halogens is 2. The van der Waals surface area contributed by atoms with Crippen molar-refractivity contribution in [3.63, 3.8) is 0 Å². The van der Waals surface area contributed by atoms with Crippen molar-refractivity contribution >= 4 is 17.6 Å². The van der Waals surface area contributed by atoms with E-state index in [9.17, 15) is 9.18 Å². The monoisotopic (exact) mass is 180 g/mol. The Hall–Kier alpha value is -0.310. The molecule has 0 N–H and O–H groups in total. The fourth-order valence-electron chi connectivity index (χ4n) is 1.17. The summed E-state index contributed by atoms with van der Waals surface area (Å²) in [6.07, 6.45) is 0.232. The van der Waals surface area contributed by atoms with Crippen LogP contribution in [-0.2, 0) is 9.53 Å². The summed E-state index contributed by atoms with van der Waals surface area (Å²) in [4.78, 5) is 10.7. The second-order valence-electron chi connectivity index (χ2n) is 2.76. The third kappa shape index (κ3) is 1.22. The van der Waals surface area contributed by atoms with E-state index < -0.39 is 17.0 Å². The lowest BCUT2D eigenvalue weighted by Gasteiger charge is -2.13. The summed E-state index contributed by atoms with van der Waals surface area (Å²) in [5.41, 5.74) is 0. The molecule has 1 fully saturated rings. The lowest BCUT2D eigenvalue weighted by atomic mass is 10.0. The highest BCUT2D eigenvalue weighted by Crippen LogP contribution is 2.39. The summed E-state index contributed by atoms with van der Waals surface area (Å²) in [6, 6.07) is 0. The summed E-state index contributed by atoms with van der Waals surface area (Å²) in [6.45, 7) is 3.40. The zero-order chi connectivity index (χ0) is 8.65. The molecular weight excluding hydrogens is 171 g/mol. The van der Waals surface area contributed by atoms with Crippen LogP contribution < -0.4 is 0 Å². The number of hydrogen-bond donors (Lipinski definition) is 0. The Morgan fingerprint density at radius 1 is 1.82 bits per heavy atom. The first-order valence-electron chi connectivity index (χ1n) is 3.59. The van der Waals surface area contributed by atoms with E-state index >= 15 is 0 Å². The van der Waals surface area contributed by atoms with Crippen molar-refractivity contribution in [1.29, 1.82) is 0 Å². The van der Waals surface area contributed by atoms with Crippen molar-refractivity contribution in [3.8, 4) is 0 Å². The number of carbonyl (C=O) groups excluding carboxylic acids is 1. The number of cyclic esters (lactones) is 1. The molecule has 0 saturated carbocycles. The molecule has 0 aromatic carbocycles. The first-order chi connectivity index (χ1) is 5.00. The minimum Gasteiger partial charge on any atom is -0.459 e.